The number of nitrogens with zero attached hydrogens (tertiary/aromatic N) is 1. The van der Waals surface area contributed by atoms with Gasteiger partial charge in [-0.15, -0.1) is 0 Å². The SMILES string of the molecule is CCCN1C(=S)NC(c2ccccc2OCc2ccccc2)C(C(C)=O)=C1C. The minimum atomic E-state index is -0.315. The first-order valence-electron chi connectivity index (χ1n) is 9.58. The molecule has 1 unspecified atom stereocenters. The second kappa shape index (κ2) is 9.02. The van der Waals surface area contributed by atoms with Crippen molar-refractivity contribution in [2.24, 2.45) is 0 Å². The van der Waals surface area contributed by atoms with E-state index in [0.717, 1.165) is 41.1 Å². The van der Waals surface area contributed by atoms with Gasteiger partial charge in [-0.05, 0) is 44.1 Å². The van der Waals surface area contributed by atoms with E-state index in [1.54, 1.807) is 6.92 Å². The molecular formula is C23H26N2O2S. The number of hydrogen-bond acceptors (Lipinski definition) is 3. The highest BCUT2D eigenvalue weighted by atomic mass is 32.1. The molecule has 1 aliphatic heterocycles. The monoisotopic (exact) mass is 394 g/mol. The number of thiocarbonyl (C=S) groups is 1. The number of para-hydroxylation sites is 1. The van der Waals surface area contributed by atoms with E-state index in [4.69, 9.17) is 17.0 Å². The zero-order chi connectivity index (χ0) is 20.1. The highest BCUT2D eigenvalue weighted by Gasteiger charge is 2.33. The van der Waals surface area contributed by atoms with E-state index in [2.05, 4.69) is 12.2 Å². The van der Waals surface area contributed by atoms with Gasteiger partial charge in [0.1, 0.15) is 12.4 Å². The lowest BCUT2D eigenvalue weighted by Gasteiger charge is -2.38. The molecule has 5 heteroatoms. The van der Waals surface area contributed by atoms with Crippen molar-refractivity contribution in [3.8, 4) is 5.75 Å². The quantitative estimate of drug-likeness (QED) is 0.685. The van der Waals surface area contributed by atoms with Crippen molar-refractivity contribution >= 4 is 23.1 Å². The van der Waals surface area contributed by atoms with Crippen molar-refractivity contribution in [2.75, 3.05) is 6.54 Å². The number of carbonyl (C=O) groups is 1. The summed E-state index contributed by atoms with van der Waals surface area (Å²) in [6.07, 6.45) is 0.950. The van der Waals surface area contributed by atoms with Crippen LogP contribution in [-0.2, 0) is 11.4 Å². The van der Waals surface area contributed by atoms with Gasteiger partial charge in [0.2, 0.25) is 0 Å². The molecule has 0 bridgehead atoms. The van der Waals surface area contributed by atoms with Gasteiger partial charge in [0, 0.05) is 23.4 Å². The molecule has 0 radical (unpaired) electrons. The van der Waals surface area contributed by atoms with Gasteiger partial charge in [0.05, 0.1) is 6.04 Å². The van der Waals surface area contributed by atoms with Crippen molar-refractivity contribution in [3.63, 3.8) is 0 Å². The number of benzene rings is 2. The molecule has 28 heavy (non-hydrogen) atoms. The molecule has 146 valence electrons. The van der Waals surface area contributed by atoms with Gasteiger partial charge in [0.25, 0.3) is 0 Å². The second-order valence-electron chi connectivity index (χ2n) is 6.90. The van der Waals surface area contributed by atoms with Gasteiger partial charge >= 0.3 is 0 Å². The third-order valence-electron chi connectivity index (χ3n) is 4.89. The van der Waals surface area contributed by atoms with E-state index in [1.807, 2.05) is 66.4 Å². The first-order valence-corrected chi connectivity index (χ1v) is 9.99. The Kier molecular flexibility index (Phi) is 6.47. The molecule has 2 aromatic carbocycles. The molecule has 0 aliphatic carbocycles. The van der Waals surface area contributed by atoms with Crippen LogP contribution in [0.3, 0.4) is 0 Å². The van der Waals surface area contributed by atoms with Crippen LogP contribution in [0.5, 0.6) is 5.75 Å². The predicted octanol–water partition coefficient (Wildman–Crippen LogP) is 4.77. The Morgan fingerprint density at radius 3 is 2.50 bits per heavy atom. The Hall–Kier alpha value is -2.66. The molecule has 1 N–H and O–H groups in total. The van der Waals surface area contributed by atoms with Crippen LogP contribution in [0.4, 0.5) is 0 Å². The lowest BCUT2D eigenvalue weighted by atomic mass is 9.92. The lowest BCUT2D eigenvalue weighted by Crippen LogP contribution is -2.47. The van der Waals surface area contributed by atoms with Crippen LogP contribution in [0.1, 0.15) is 44.4 Å². The van der Waals surface area contributed by atoms with Crippen LogP contribution in [0.15, 0.2) is 65.9 Å². The maximum absolute atomic E-state index is 12.5. The summed E-state index contributed by atoms with van der Waals surface area (Å²) in [4.78, 5) is 14.5. The fourth-order valence-electron chi connectivity index (χ4n) is 3.55. The smallest absolute Gasteiger partial charge is 0.173 e. The van der Waals surface area contributed by atoms with Gasteiger partial charge in [-0.1, -0.05) is 55.5 Å². The average Bonchev–Trinajstić information content (AvgIpc) is 2.70. The molecule has 0 spiro atoms. The van der Waals surface area contributed by atoms with Gasteiger partial charge in [0.15, 0.2) is 10.9 Å². The molecule has 2 aromatic rings. The minimum Gasteiger partial charge on any atom is -0.489 e. The van der Waals surface area contributed by atoms with Gasteiger partial charge < -0.3 is 15.0 Å². The number of ether oxygens (including phenoxy) is 1. The van der Waals surface area contributed by atoms with Crippen LogP contribution in [-0.4, -0.2) is 22.3 Å². The number of carbonyl (C=O) groups excluding carboxylic acids is 1. The van der Waals surface area contributed by atoms with Crippen molar-refractivity contribution in [3.05, 3.63) is 77.0 Å². The third kappa shape index (κ3) is 4.25. The molecule has 0 fully saturated rings. The largest absolute Gasteiger partial charge is 0.489 e. The molecule has 1 heterocycles. The zero-order valence-corrected chi connectivity index (χ0v) is 17.4. The fraction of sp³-hybridized carbons (Fsp3) is 0.304. The molecule has 0 amide bonds. The molecular weight excluding hydrogens is 368 g/mol. The number of hydrogen-bond donors (Lipinski definition) is 1. The molecule has 0 aromatic heterocycles. The van der Waals surface area contributed by atoms with E-state index >= 15 is 0 Å². The Bertz CT molecular complexity index is 892. The Morgan fingerprint density at radius 2 is 1.82 bits per heavy atom. The molecule has 3 rings (SSSR count). The molecule has 1 atom stereocenters. The van der Waals surface area contributed by atoms with E-state index in [0.29, 0.717) is 11.7 Å². The molecule has 0 saturated carbocycles. The highest BCUT2D eigenvalue weighted by Crippen LogP contribution is 2.36. The third-order valence-corrected chi connectivity index (χ3v) is 5.23. The summed E-state index contributed by atoms with van der Waals surface area (Å²) in [6.45, 7) is 6.93. The molecule has 1 aliphatic rings. The minimum absolute atomic E-state index is 0.0384. The summed E-state index contributed by atoms with van der Waals surface area (Å²) in [5, 5.41) is 4.01. The summed E-state index contributed by atoms with van der Waals surface area (Å²) in [5.74, 6) is 0.790. The molecule has 4 nitrogen and oxygen atoms in total. The van der Waals surface area contributed by atoms with E-state index in [1.165, 1.54) is 0 Å². The maximum Gasteiger partial charge on any atom is 0.173 e. The van der Waals surface area contributed by atoms with Crippen LogP contribution in [0.25, 0.3) is 0 Å². The second-order valence-corrected chi connectivity index (χ2v) is 7.29. The number of Topliss-reactive ketones (excluding diaryl/α,β-unsaturated/α-hetero) is 1. The van der Waals surface area contributed by atoms with Crippen LogP contribution >= 0.6 is 12.2 Å². The summed E-state index contributed by atoms with van der Waals surface area (Å²) in [6, 6.07) is 17.6. The van der Waals surface area contributed by atoms with Gasteiger partial charge in [-0.3, -0.25) is 4.79 Å². The summed E-state index contributed by atoms with van der Waals surface area (Å²) >= 11 is 5.60. The standard InChI is InChI=1S/C23H26N2O2S/c1-4-14-25-16(2)21(17(3)26)22(24-23(25)28)19-12-8-9-13-20(19)27-15-18-10-6-5-7-11-18/h5-13,22H,4,14-15H2,1-3H3,(H,24,28). The predicted molar refractivity (Wildman–Crippen MR) is 116 cm³/mol. The van der Waals surface area contributed by atoms with Gasteiger partial charge in [-0.25, -0.2) is 0 Å². The molecule has 0 saturated heterocycles. The Labute approximate surface area is 172 Å². The number of rotatable bonds is 7. The summed E-state index contributed by atoms with van der Waals surface area (Å²) in [5.41, 5.74) is 3.66. The summed E-state index contributed by atoms with van der Waals surface area (Å²) < 4.78 is 6.12. The van der Waals surface area contributed by atoms with Crippen LogP contribution in [0, 0.1) is 0 Å². The highest BCUT2D eigenvalue weighted by molar-refractivity contribution is 7.80. The van der Waals surface area contributed by atoms with Crippen molar-refractivity contribution in [1.82, 2.24) is 10.2 Å². The van der Waals surface area contributed by atoms with Gasteiger partial charge in [-0.2, -0.15) is 0 Å². The van der Waals surface area contributed by atoms with Crippen molar-refractivity contribution in [1.29, 1.82) is 0 Å². The first kappa shape index (κ1) is 20.1. The number of ketones is 1. The van der Waals surface area contributed by atoms with Crippen molar-refractivity contribution < 1.29 is 9.53 Å². The number of allylic oxidation sites excluding steroid dienone is 1. The van der Waals surface area contributed by atoms with E-state index in [-0.39, 0.29) is 11.8 Å². The summed E-state index contributed by atoms with van der Waals surface area (Å²) in [7, 11) is 0. The normalized spacial score (nSPS) is 16.8. The Morgan fingerprint density at radius 1 is 1.14 bits per heavy atom. The van der Waals surface area contributed by atoms with Crippen LogP contribution < -0.4 is 10.1 Å². The van der Waals surface area contributed by atoms with Crippen molar-refractivity contribution in [2.45, 2.75) is 39.8 Å². The van der Waals surface area contributed by atoms with Crippen LogP contribution in [0.2, 0.25) is 0 Å². The number of nitrogens with one attached hydrogen (secondary N) is 1. The zero-order valence-electron chi connectivity index (χ0n) is 16.6. The van der Waals surface area contributed by atoms with E-state index in [9.17, 15) is 4.79 Å². The Balaban J connectivity index is 1.95. The topological polar surface area (TPSA) is 41.6 Å². The lowest BCUT2D eigenvalue weighted by molar-refractivity contribution is -0.114. The maximum atomic E-state index is 12.5. The average molecular weight is 395 g/mol. The fourth-order valence-corrected chi connectivity index (χ4v) is 3.90. The first-order chi connectivity index (χ1) is 13.5. The van der Waals surface area contributed by atoms with E-state index < -0.39 is 0 Å².